The predicted molar refractivity (Wildman–Crippen MR) is 68.2 cm³/mol. The summed E-state index contributed by atoms with van der Waals surface area (Å²) in [4.78, 5) is 15.6. The number of nitrogens with one attached hydrogen (secondary N) is 1. The normalized spacial score (nSPS) is 24.3. The minimum Gasteiger partial charge on any atom is -0.348 e. The number of nitrogens with zero attached hydrogens (tertiary/aromatic N) is 1. The van der Waals surface area contributed by atoms with Crippen LogP contribution in [0, 0.1) is 5.82 Å². The van der Waals surface area contributed by atoms with Gasteiger partial charge in [0.05, 0.1) is 17.1 Å². The number of alkyl halides is 1. The van der Waals surface area contributed by atoms with E-state index in [1.807, 2.05) is 0 Å². The van der Waals surface area contributed by atoms with E-state index in [0.29, 0.717) is 0 Å². The number of carbonyl (C=O) groups excluding carboxylic acids is 1. The lowest BCUT2D eigenvalue weighted by Gasteiger charge is -2.21. The fraction of sp³-hybridized carbons (Fsp3) is 0.538. The van der Waals surface area contributed by atoms with Crippen LogP contribution in [0.25, 0.3) is 0 Å². The monoisotopic (exact) mass is 270 g/mol. The Morgan fingerprint density at radius 2 is 2.17 bits per heavy atom. The summed E-state index contributed by atoms with van der Waals surface area (Å²) in [6, 6.07) is 1.30. The van der Waals surface area contributed by atoms with Crippen LogP contribution in [-0.4, -0.2) is 22.3 Å². The third kappa shape index (κ3) is 3.19. The molecule has 1 amide bonds. The van der Waals surface area contributed by atoms with Crippen molar-refractivity contribution in [2.24, 2.45) is 0 Å². The molecule has 0 aromatic carbocycles. The van der Waals surface area contributed by atoms with Crippen molar-refractivity contribution in [2.75, 3.05) is 0 Å². The molecule has 2 atom stereocenters. The lowest BCUT2D eigenvalue weighted by molar-refractivity contribution is 0.0930. The molecule has 2 rings (SSSR count). The minimum atomic E-state index is -0.602. The van der Waals surface area contributed by atoms with E-state index < -0.39 is 11.7 Å². The number of carbonyl (C=O) groups is 1. The average Bonchev–Trinajstić information content (AvgIpc) is 2.55. The van der Waals surface area contributed by atoms with Crippen LogP contribution in [0.4, 0.5) is 4.39 Å². The van der Waals surface area contributed by atoms with Gasteiger partial charge in [0.2, 0.25) is 0 Å². The largest absolute Gasteiger partial charge is 0.348 e. The standard InChI is InChI=1S/C13H16ClFN2O/c14-10-4-2-1-3-5-12(10)17-13(18)9-6-7-16-8-11(9)15/h6-8,10,12H,1-5H2,(H,17,18). The van der Waals surface area contributed by atoms with Crippen LogP contribution in [0.5, 0.6) is 0 Å². The lowest BCUT2D eigenvalue weighted by Crippen LogP contribution is -2.40. The minimum absolute atomic E-state index is 0.0260. The van der Waals surface area contributed by atoms with Crippen LogP contribution in [0.2, 0.25) is 0 Å². The molecule has 1 aliphatic carbocycles. The predicted octanol–water partition coefficient (Wildman–Crippen LogP) is 2.89. The van der Waals surface area contributed by atoms with Crippen molar-refractivity contribution >= 4 is 17.5 Å². The Kier molecular flexibility index (Phi) is 4.53. The van der Waals surface area contributed by atoms with Crippen LogP contribution in [0.15, 0.2) is 18.5 Å². The highest BCUT2D eigenvalue weighted by atomic mass is 35.5. The number of rotatable bonds is 2. The van der Waals surface area contributed by atoms with Crippen LogP contribution in [0.1, 0.15) is 42.5 Å². The maximum atomic E-state index is 13.4. The molecule has 1 saturated carbocycles. The van der Waals surface area contributed by atoms with E-state index in [-0.39, 0.29) is 17.0 Å². The smallest absolute Gasteiger partial charge is 0.254 e. The van der Waals surface area contributed by atoms with Crippen molar-refractivity contribution < 1.29 is 9.18 Å². The number of halogens is 2. The molecule has 3 nitrogen and oxygen atoms in total. The number of amides is 1. The Balaban J connectivity index is 2.04. The van der Waals surface area contributed by atoms with Gasteiger partial charge < -0.3 is 5.32 Å². The van der Waals surface area contributed by atoms with Crippen molar-refractivity contribution in [1.29, 1.82) is 0 Å². The van der Waals surface area contributed by atoms with Gasteiger partial charge >= 0.3 is 0 Å². The molecule has 1 N–H and O–H groups in total. The highest BCUT2D eigenvalue weighted by Gasteiger charge is 2.24. The summed E-state index contributed by atoms with van der Waals surface area (Å²) < 4.78 is 13.4. The van der Waals surface area contributed by atoms with Crippen LogP contribution in [-0.2, 0) is 0 Å². The van der Waals surface area contributed by atoms with Crippen molar-refractivity contribution in [2.45, 2.75) is 43.5 Å². The first-order valence-corrected chi connectivity index (χ1v) is 6.66. The topological polar surface area (TPSA) is 42.0 Å². The Labute approximate surface area is 111 Å². The van der Waals surface area contributed by atoms with E-state index in [1.165, 1.54) is 12.3 Å². The number of pyridine rings is 1. The fourth-order valence-corrected chi connectivity index (χ4v) is 2.57. The van der Waals surface area contributed by atoms with Gasteiger partial charge in [-0.2, -0.15) is 0 Å². The summed E-state index contributed by atoms with van der Waals surface area (Å²) in [5.74, 6) is -1.01. The molecule has 98 valence electrons. The molecule has 0 saturated heterocycles. The Hall–Kier alpha value is -1.16. The molecule has 0 spiro atoms. The van der Waals surface area contributed by atoms with Gasteiger partial charge in [0.15, 0.2) is 5.82 Å². The molecule has 1 aliphatic rings. The molecule has 2 unspecified atom stereocenters. The molecule has 5 heteroatoms. The van der Waals surface area contributed by atoms with Gasteiger partial charge in [0.25, 0.3) is 5.91 Å². The second kappa shape index (κ2) is 6.14. The van der Waals surface area contributed by atoms with Crippen LogP contribution >= 0.6 is 11.6 Å². The molecule has 1 aromatic heterocycles. The highest BCUT2D eigenvalue weighted by molar-refractivity contribution is 6.21. The first kappa shape index (κ1) is 13.3. The molecule has 1 heterocycles. The van der Waals surface area contributed by atoms with Gasteiger partial charge in [0, 0.05) is 12.2 Å². The summed E-state index contributed by atoms with van der Waals surface area (Å²) in [6.07, 6.45) is 7.47. The molecule has 0 radical (unpaired) electrons. The van der Waals surface area contributed by atoms with Gasteiger partial charge in [0.1, 0.15) is 0 Å². The Morgan fingerprint density at radius 1 is 1.39 bits per heavy atom. The summed E-state index contributed by atoms with van der Waals surface area (Å²) >= 11 is 6.24. The highest BCUT2D eigenvalue weighted by Crippen LogP contribution is 2.22. The SMILES string of the molecule is O=C(NC1CCCCCC1Cl)c1ccncc1F. The van der Waals surface area contributed by atoms with Crippen LogP contribution < -0.4 is 5.32 Å². The second-order valence-electron chi connectivity index (χ2n) is 4.59. The van der Waals surface area contributed by atoms with E-state index in [9.17, 15) is 9.18 Å². The van der Waals surface area contributed by atoms with Crippen molar-refractivity contribution in [3.63, 3.8) is 0 Å². The molecular formula is C13H16ClFN2O. The summed E-state index contributed by atoms with van der Waals surface area (Å²) in [6.45, 7) is 0. The third-order valence-corrected chi connectivity index (χ3v) is 3.79. The van der Waals surface area contributed by atoms with Crippen molar-refractivity contribution in [3.8, 4) is 0 Å². The molecule has 0 bridgehead atoms. The van der Waals surface area contributed by atoms with Gasteiger partial charge in [-0.15, -0.1) is 11.6 Å². The molecule has 1 fully saturated rings. The molecular weight excluding hydrogens is 255 g/mol. The van der Waals surface area contributed by atoms with E-state index in [0.717, 1.165) is 38.3 Å². The number of hydrogen-bond acceptors (Lipinski definition) is 2. The average molecular weight is 271 g/mol. The van der Waals surface area contributed by atoms with Crippen molar-refractivity contribution in [1.82, 2.24) is 10.3 Å². The van der Waals surface area contributed by atoms with Gasteiger partial charge in [-0.05, 0) is 18.9 Å². The Morgan fingerprint density at radius 3 is 2.94 bits per heavy atom. The zero-order valence-electron chi connectivity index (χ0n) is 10.0. The fourth-order valence-electron chi connectivity index (χ4n) is 2.23. The first-order chi connectivity index (χ1) is 8.68. The summed E-state index contributed by atoms with van der Waals surface area (Å²) in [5.41, 5.74) is 0.0260. The zero-order valence-corrected chi connectivity index (χ0v) is 10.8. The Bertz CT molecular complexity index is 427. The molecule has 1 aromatic rings. The van der Waals surface area contributed by atoms with Crippen molar-refractivity contribution in [3.05, 3.63) is 29.8 Å². The van der Waals surface area contributed by atoms with Gasteiger partial charge in [-0.25, -0.2) is 4.39 Å². The molecule has 18 heavy (non-hydrogen) atoms. The first-order valence-electron chi connectivity index (χ1n) is 6.23. The third-order valence-electron chi connectivity index (χ3n) is 3.27. The van der Waals surface area contributed by atoms with E-state index in [4.69, 9.17) is 11.6 Å². The summed E-state index contributed by atoms with van der Waals surface area (Å²) in [5, 5.41) is 2.76. The maximum absolute atomic E-state index is 13.4. The number of hydrogen-bond donors (Lipinski definition) is 1. The maximum Gasteiger partial charge on any atom is 0.254 e. The summed E-state index contributed by atoms with van der Waals surface area (Å²) in [7, 11) is 0. The zero-order chi connectivity index (χ0) is 13.0. The lowest BCUT2D eigenvalue weighted by atomic mass is 10.1. The quantitative estimate of drug-likeness (QED) is 0.663. The van der Waals surface area contributed by atoms with E-state index in [1.54, 1.807) is 0 Å². The van der Waals surface area contributed by atoms with E-state index >= 15 is 0 Å². The van der Waals surface area contributed by atoms with Gasteiger partial charge in [-0.1, -0.05) is 19.3 Å². The second-order valence-corrected chi connectivity index (χ2v) is 5.15. The molecule has 0 aliphatic heterocycles. The van der Waals surface area contributed by atoms with Gasteiger partial charge in [-0.3, -0.25) is 9.78 Å². The van der Waals surface area contributed by atoms with E-state index in [2.05, 4.69) is 10.3 Å². The number of aromatic nitrogens is 1. The van der Waals surface area contributed by atoms with Crippen LogP contribution in [0.3, 0.4) is 0 Å².